The fraction of sp³-hybridized carbons (Fsp3) is 0.182. The monoisotopic (exact) mass is 352 g/mol. The minimum absolute atomic E-state index is 0.184. The average molecular weight is 352 g/mol. The van der Waals surface area contributed by atoms with Crippen LogP contribution in [0, 0.1) is 0 Å². The van der Waals surface area contributed by atoms with Crippen LogP contribution in [0.2, 0.25) is 0 Å². The van der Waals surface area contributed by atoms with Crippen LogP contribution < -0.4 is 15.9 Å². The van der Waals surface area contributed by atoms with Crippen LogP contribution in [-0.2, 0) is 5.41 Å². The Bertz CT molecular complexity index is 745. The van der Waals surface area contributed by atoms with E-state index in [0.29, 0.717) is 0 Å². The maximum atomic E-state index is 3.25. The van der Waals surface area contributed by atoms with Crippen molar-refractivity contribution in [1.82, 2.24) is 0 Å². The molecule has 1 unspecified atom stereocenters. The van der Waals surface area contributed by atoms with E-state index in [0.717, 1.165) is 0 Å². The average Bonchev–Trinajstić information content (AvgIpc) is 2.62. The van der Waals surface area contributed by atoms with Gasteiger partial charge in [-0.25, -0.2) is 0 Å². The number of hydrogen-bond acceptors (Lipinski definition) is 0. The first kappa shape index (κ1) is 17.3. The third-order valence-corrected chi connectivity index (χ3v) is 11.4. The van der Waals surface area contributed by atoms with Gasteiger partial charge in [0.1, 0.15) is 0 Å². The summed E-state index contributed by atoms with van der Waals surface area (Å²) in [5.41, 5.74) is 1.57. The molecule has 0 aliphatic rings. The number of rotatable bonds is 3. The van der Waals surface area contributed by atoms with Crippen molar-refractivity contribution in [3.8, 4) is 0 Å². The van der Waals surface area contributed by atoms with Crippen molar-refractivity contribution in [2.24, 2.45) is 0 Å². The van der Waals surface area contributed by atoms with Crippen molar-refractivity contribution < 1.29 is 0 Å². The van der Waals surface area contributed by atoms with Gasteiger partial charge in [0.15, 0.2) is 0 Å². The van der Waals surface area contributed by atoms with Gasteiger partial charge in [-0.3, -0.25) is 0 Å². The predicted octanol–water partition coefficient (Wildman–Crippen LogP) is 4.80. The van der Waals surface area contributed by atoms with Crippen LogP contribution >= 0.6 is 15.9 Å². The Labute approximate surface area is 148 Å². The van der Waals surface area contributed by atoms with Gasteiger partial charge in [-0.2, -0.15) is 0 Å². The third kappa shape index (κ3) is 3.32. The first-order valence-electron chi connectivity index (χ1n) is 8.43. The van der Waals surface area contributed by atoms with E-state index >= 15 is 0 Å². The third-order valence-electron chi connectivity index (χ3n) is 4.66. The molecule has 2 heteroatoms. The topological polar surface area (TPSA) is 0 Å². The summed E-state index contributed by atoms with van der Waals surface area (Å²) in [7, 11) is 3.25. The van der Waals surface area contributed by atoms with Crippen LogP contribution in [0.3, 0.4) is 0 Å². The van der Waals surface area contributed by atoms with Crippen molar-refractivity contribution in [2.75, 3.05) is 0 Å². The number of benzene rings is 3. The Morgan fingerprint density at radius 1 is 0.583 bits per heavy atom. The number of hydrogen-bond donors (Lipinski definition) is 0. The van der Waals surface area contributed by atoms with E-state index in [1.54, 1.807) is 0 Å². The molecule has 0 N–H and O–H groups in total. The molecule has 0 nitrogen and oxygen atoms in total. The van der Waals surface area contributed by atoms with Crippen LogP contribution in [0.4, 0.5) is 0 Å². The summed E-state index contributed by atoms with van der Waals surface area (Å²) in [5.74, 6) is 0. The van der Waals surface area contributed by atoms with Gasteiger partial charge in [-0.15, -0.1) is 0 Å². The summed E-state index contributed by atoms with van der Waals surface area (Å²) >= 11 is 0. The van der Waals surface area contributed by atoms with Crippen molar-refractivity contribution in [3.05, 3.63) is 90.5 Å². The summed E-state index contributed by atoms with van der Waals surface area (Å²) in [4.78, 5) is 0. The van der Waals surface area contributed by atoms with Crippen molar-refractivity contribution in [2.45, 2.75) is 26.2 Å². The second-order valence-electron chi connectivity index (χ2n) is 7.37. The summed E-state index contributed by atoms with van der Waals surface area (Å²) in [6.45, 7) is 4.75. The molecule has 1 atom stereocenters. The molecule has 0 fully saturated rings. The zero-order chi connectivity index (χ0) is 17.2. The normalized spacial score (nSPS) is 12.8. The van der Waals surface area contributed by atoms with E-state index in [4.69, 9.17) is 0 Å². The first-order chi connectivity index (χ1) is 11.4. The van der Waals surface area contributed by atoms with Crippen molar-refractivity contribution in [1.29, 1.82) is 0 Å². The molecule has 0 spiro atoms. The van der Waals surface area contributed by atoms with E-state index in [1.807, 2.05) is 0 Å². The van der Waals surface area contributed by atoms with E-state index in [1.165, 1.54) is 21.5 Å². The molecule has 24 heavy (non-hydrogen) atoms. The molecule has 0 aliphatic heterocycles. The zero-order valence-corrected chi connectivity index (χ0v) is 16.8. The molecule has 3 rings (SSSR count). The SMILES string of the molecule is CC(C)(C)c1ccc([PH](P)(c2ccccc2)c2ccccc2)cc1. The van der Waals surface area contributed by atoms with Gasteiger partial charge in [0, 0.05) is 0 Å². The van der Waals surface area contributed by atoms with Crippen molar-refractivity contribution in [3.63, 3.8) is 0 Å². The van der Waals surface area contributed by atoms with Gasteiger partial charge in [-0.05, 0) is 0 Å². The van der Waals surface area contributed by atoms with Gasteiger partial charge in [0.2, 0.25) is 0 Å². The zero-order valence-electron chi connectivity index (χ0n) is 14.7. The molecule has 0 bridgehead atoms. The fourth-order valence-electron chi connectivity index (χ4n) is 3.14. The quantitative estimate of drug-likeness (QED) is 0.594. The van der Waals surface area contributed by atoms with Gasteiger partial charge in [0.05, 0.1) is 0 Å². The van der Waals surface area contributed by atoms with Crippen LogP contribution in [0.1, 0.15) is 26.3 Å². The molecular formula is C22H26P2. The Kier molecular flexibility index (Phi) is 4.91. The molecule has 0 amide bonds. The molecule has 0 saturated carbocycles. The van der Waals surface area contributed by atoms with Crippen LogP contribution in [0.15, 0.2) is 84.9 Å². The van der Waals surface area contributed by atoms with E-state index in [9.17, 15) is 0 Å². The molecule has 124 valence electrons. The van der Waals surface area contributed by atoms with Gasteiger partial charge in [-0.1, -0.05) is 0 Å². The van der Waals surface area contributed by atoms with Gasteiger partial charge in [0.25, 0.3) is 0 Å². The summed E-state index contributed by atoms with van der Waals surface area (Å²) < 4.78 is 0. The predicted molar refractivity (Wildman–Crippen MR) is 115 cm³/mol. The van der Waals surface area contributed by atoms with Crippen LogP contribution in [-0.4, -0.2) is 0 Å². The molecule has 0 saturated heterocycles. The summed E-state index contributed by atoms with van der Waals surface area (Å²) in [6.07, 6.45) is 0. The molecule has 3 aromatic carbocycles. The Morgan fingerprint density at radius 2 is 0.958 bits per heavy atom. The van der Waals surface area contributed by atoms with E-state index < -0.39 is 6.95 Å². The molecule has 0 radical (unpaired) electrons. The van der Waals surface area contributed by atoms with Crippen LogP contribution in [0.25, 0.3) is 0 Å². The second-order valence-corrected chi connectivity index (χ2v) is 13.3. The molecule has 0 aromatic heterocycles. The van der Waals surface area contributed by atoms with E-state index in [2.05, 4.69) is 115 Å². The first-order valence-corrected chi connectivity index (χ1v) is 12.2. The van der Waals surface area contributed by atoms with Crippen LogP contribution in [0.5, 0.6) is 0 Å². The summed E-state index contributed by atoms with van der Waals surface area (Å²) in [5, 5.41) is 4.27. The van der Waals surface area contributed by atoms with Gasteiger partial charge < -0.3 is 0 Å². The molecular weight excluding hydrogens is 326 g/mol. The van der Waals surface area contributed by atoms with Crippen molar-refractivity contribution >= 4 is 31.8 Å². The molecule has 0 aliphatic carbocycles. The minimum atomic E-state index is -2.04. The molecule has 0 heterocycles. The second kappa shape index (κ2) is 6.79. The fourth-order valence-corrected chi connectivity index (χ4v) is 8.00. The Hall–Kier alpha value is -1.48. The van der Waals surface area contributed by atoms with Gasteiger partial charge >= 0.3 is 148 Å². The summed E-state index contributed by atoms with van der Waals surface area (Å²) in [6, 6.07) is 31.1. The maximum absolute atomic E-state index is 3.25. The molecule has 3 aromatic rings. The standard InChI is InChI=1S/C22H26P2/c1-22(2,3)18-14-16-21(17-15-18)24(23,19-10-6-4-7-11-19)20-12-8-5-9-13-20/h4-17,24H,23H2,1-3H3. The Balaban J connectivity index is 2.16. The van der Waals surface area contributed by atoms with E-state index in [-0.39, 0.29) is 5.41 Å². The Morgan fingerprint density at radius 3 is 1.33 bits per heavy atom.